The van der Waals surface area contributed by atoms with Crippen LogP contribution in [0, 0.1) is 11.8 Å². The molecule has 0 N–H and O–H groups in total. The molecule has 1 atom stereocenters. The Kier molecular flexibility index (Phi) is 5.35. The van der Waals surface area contributed by atoms with E-state index in [1.165, 1.54) is 0 Å². The second-order valence-electron chi connectivity index (χ2n) is 3.27. The third-order valence-corrected chi connectivity index (χ3v) is 1.89. The van der Waals surface area contributed by atoms with Crippen molar-refractivity contribution in [1.29, 1.82) is 0 Å². The number of hydrogen-bond donors (Lipinski definition) is 0. The van der Waals surface area contributed by atoms with Crippen LogP contribution in [-0.2, 0) is 14.3 Å². The molecule has 0 aliphatic rings. The van der Waals surface area contributed by atoms with Gasteiger partial charge in [-0.05, 0) is 13.3 Å². The first-order valence-corrected chi connectivity index (χ1v) is 4.74. The molecule has 3 heteroatoms. The number of ketones is 1. The lowest BCUT2D eigenvalue weighted by Crippen LogP contribution is -2.28. The van der Waals surface area contributed by atoms with E-state index in [1.54, 1.807) is 20.8 Å². The van der Waals surface area contributed by atoms with Gasteiger partial charge in [0, 0.05) is 5.92 Å². The van der Waals surface area contributed by atoms with Crippen molar-refractivity contribution in [2.45, 2.75) is 34.1 Å². The van der Waals surface area contributed by atoms with Crippen molar-refractivity contribution < 1.29 is 14.3 Å². The van der Waals surface area contributed by atoms with E-state index in [0.29, 0.717) is 13.0 Å². The van der Waals surface area contributed by atoms with Crippen LogP contribution in [-0.4, -0.2) is 18.4 Å². The molecule has 13 heavy (non-hydrogen) atoms. The second kappa shape index (κ2) is 5.73. The molecule has 0 rings (SSSR count). The van der Waals surface area contributed by atoms with Gasteiger partial charge in [-0.1, -0.05) is 20.8 Å². The third kappa shape index (κ3) is 3.57. The maximum Gasteiger partial charge on any atom is 0.316 e. The van der Waals surface area contributed by atoms with Gasteiger partial charge in [0.2, 0.25) is 0 Å². The quantitative estimate of drug-likeness (QED) is 0.485. The molecule has 0 aliphatic carbocycles. The average Bonchev–Trinajstić information content (AvgIpc) is 2.05. The molecule has 0 aliphatic heterocycles. The smallest absolute Gasteiger partial charge is 0.316 e. The lowest BCUT2D eigenvalue weighted by molar-refractivity contribution is -0.152. The number of carbonyl (C=O) groups is 2. The zero-order chi connectivity index (χ0) is 10.4. The number of rotatable bonds is 5. The topological polar surface area (TPSA) is 43.4 Å². The monoisotopic (exact) mass is 186 g/mol. The predicted molar refractivity (Wildman–Crippen MR) is 50.3 cm³/mol. The molecule has 0 saturated heterocycles. The SMILES string of the molecule is CCOC(=O)[C@H](CC)C(=O)C(C)C. The summed E-state index contributed by atoms with van der Waals surface area (Å²) in [4.78, 5) is 22.8. The van der Waals surface area contributed by atoms with Crippen molar-refractivity contribution in [3.63, 3.8) is 0 Å². The van der Waals surface area contributed by atoms with Crippen molar-refractivity contribution in [1.82, 2.24) is 0 Å². The second-order valence-corrected chi connectivity index (χ2v) is 3.27. The molecule has 0 aromatic heterocycles. The van der Waals surface area contributed by atoms with Gasteiger partial charge >= 0.3 is 5.97 Å². The van der Waals surface area contributed by atoms with Crippen LogP contribution in [0.2, 0.25) is 0 Å². The maximum absolute atomic E-state index is 11.5. The summed E-state index contributed by atoms with van der Waals surface area (Å²) in [7, 11) is 0. The molecule has 0 bridgehead atoms. The number of carbonyl (C=O) groups excluding carboxylic acids is 2. The molecule has 0 aromatic rings. The number of esters is 1. The maximum atomic E-state index is 11.5. The van der Waals surface area contributed by atoms with Crippen LogP contribution in [0.25, 0.3) is 0 Å². The summed E-state index contributed by atoms with van der Waals surface area (Å²) in [5.41, 5.74) is 0. The highest BCUT2D eigenvalue weighted by molar-refractivity contribution is 5.99. The fourth-order valence-corrected chi connectivity index (χ4v) is 1.13. The Labute approximate surface area is 79.5 Å². The first-order valence-electron chi connectivity index (χ1n) is 4.74. The molecule has 76 valence electrons. The van der Waals surface area contributed by atoms with Crippen LogP contribution < -0.4 is 0 Å². The number of Topliss-reactive ketones (excluding diaryl/α,β-unsaturated/α-hetero) is 1. The molecule has 0 spiro atoms. The Morgan fingerprint density at radius 2 is 1.77 bits per heavy atom. The van der Waals surface area contributed by atoms with Crippen LogP contribution in [0.15, 0.2) is 0 Å². The lowest BCUT2D eigenvalue weighted by Gasteiger charge is -2.14. The number of hydrogen-bond acceptors (Lipinski definition) is 3. The first-order chi connectivity index (χ1) is 6.04. The predicted octanol–water partition coefficient (Wildman–Crippen LogP) is 1.80. The van der Waals surface area contributed by atoms with Gasteiger partial charge in [-0.3, -0.25) is 9.59 Å². The van der Waals surface area contributed by atoms with Crippen LogP contribution in [0.4, 0.5) is 0 Å². The molecule has 0 fully saturated rings. The minimum absolute atomic E-state index is 0.0269. The first kappa shape index (κ1) is 12.1. The van der Waals surface area contributed by atoms with E-state index in [-0.39, 0.29) is 17.7 Å². The molecule has 0 aromatic carbocycles. The van der Waals surface area contributed by atoms with Gasteiger partial charge in [0.25, 0.3) is 0 Å². The van der Waals surface area contributed by atoms with Crippen molar-refractivity contribution >= 4 is 11.8 Å². The summed E-state index contributed by atoms with van der Waals surface area (Å²) in [6, 6.07) is 0. The summed E-state index contributed by atoms with van der Waals surface area (Å²) < 4.78 is 4.81. The molecule has 0 radical (unpaired) electrons. The number of ether oxygens (including phenoxy) is 1. The average molecular weight is 186 g/mol. The van der Waals surface area contributed by atoms with Crippen molar-refractivity contribution in [2.75, 3.05) is 6.61 Å². The van der Waals surface area contributed by atoms with Gasteiger partial charge in [0.15, 0.2) is 0 Å². The van der Waals surface area contributed by atoms with E-state index in [9.17, 15) is 9.59 Å². The van der Waals surface area contributed by atoms with Gasteiger partial charge in [-0.25, -0.2) is 0 Å². The molecule has 0 unspecified atom stereocenters. The van der Waals surface area contributed by atoms with Crippen molar-refractivity contribution in [3.8, 4) is 0 Å². The summed E-state index contributed by atoms with van der Waals surface area (Å²) in [5, 5.41) is 0. The molecule has 0 amide bonds. The Hall–Kier alpha value is -0.860. The normalized spacial score (nSPS) is 12.7. The third-order valence-electron chi connectivity index (χ3n) is 1.89. The minimum atomic E-state index is -0.569. The zero-order valence-corrected chi connectivity index (χ0v) is 8.79. The highest BCUT2D eigenvalue weighted by atomic mass is 16.5. The van der Waals surface area contributed by atoms with E-state index in [4.69, 9.17) is 4.74 Å². The summed E-state index contributed by atoms with van der Waals surface area (Å²) >= 11 is 0. The van der Waals surface area contributed by atoms with Gasteiger partial charge in [-0.2, -0.15) is 0 Å². The van der Waals surface area contributed by atoms with E-state index in [1.807, 2.05) is 6.92 Å². The molecular formula is C10H18O3. The van der Waals surface area contributed by atoms with Gasteiger partial charge < -0.3 is 4.74 Å². The fraction of sp³-hybridized carbons (Fsp3) is 0.800. The van der Waals surface area contributed by atoms with E-state index >= 15 is 0 Å². The summed E-state index contributed by atoms with van der Waals surface area (Å²) in [6.45, 7) is 7.49. The van der Waals surface area contributed by atoms with Crippen molar-refractivity contribution in [3.05, 3.63) is 0 Å². The van der Waals surface area contributed by atoms with E-state index < -0.39 is 5.92 Å². The zero-order valence-electron chi connectivity index (χ0n) is 8.79. The molecule has 0 saturated carbocycles. The van der Waals surface area contributed by atoms with E-state index in [0.717, 1.165) is 0 Å². The highest BCUT2D eigenvalue weighted by Gasteiger charge is 2.27. The van der Waals surface area contributed by atoms with Crippen LogP contribution in [0.1, 0.15) is 34.1 Å². The van der Waals surface area contributed by atoms with Gasteiger partial charge in [0.1, 0.15) is 11.7 Å². The lowest BCUT2D eigenvalue weighted by atomic mass is 9.93. The highest BCUT2D eigenvalue weighted by Crippen LogP contribution is 2.12. The van der Waals surface area contributed by atoms with Crippen LogP contribution >= 0.6 is 0 Å². The Morgan fingerprint density at radius 3 is 2.08 bits per heavy atom. The van der Waals surface area contributed by atoms with E-state index in [2.05, 4.69) is 0 Å². The fourth-order valence-electron chi connectivity index (χ4n) is 1.13. The van der Waals surface area contributed by atoms with Crippen LogP contribution in [0.3, 0.4) is 0 Å². The minimum Gasteiger partial charge on any atom is -0.465 e. The van der Waals surface area contributed by atoms with Crippen LogP contribution in [0.5, 0.6) is 0 Å². The Bertz CT molecular complexity index is 185. The molecule has 0 heterocycles. The Balaban J connectivity index is 4.32. The molecular weight excluding hydrogens is 168 g/mol. The standard InChI is InChI=1S/C10H18O3/c1-5-8(9(11)7(3)4)10(12)13-6-2/h7-8H,5-6H2,1-4H3/t8-/m1/s1. The largest absolute Gasteiger partial charge is 0.465 e. The van der Waals surface area contributed by atoms with Gasteiger partial charge in [0.05, 0.1) is 6.61 Å². The summed E-state index contributed by atoms with van der Waals surface area (Å²) in [5.74, 6) is -1.08. The van der Waals surface area contributed by atoms with Gasteiger partial charge in [-0.15, -0.1) is 0 Å². The van der Waals surface area contributed by atoms with Crippen molar-refractivity contribution in [2.24, 2.45) is 11.8 Å². The molecule has 3 nitrogen and oxygen atoms in total. The Morgan fingerprint density at radius 1 is 1.23 bits per heavy atom. The summed E-state index contributed by atoms with van der Waals surface area (Å²) in [6.07, 6.45) is 0.524.